The number of hydrogen-bond acceptors (Lipinski definition) is 5. The zero-order valence-corrected chi connectivity index (χ0v) is 14.9. The number of methoxy groups -OCH3 is 1. The van der Waals surface area contributed by atoms with Gasteiger partial charge >= 0.3 is 0 Å². The molecule has 1 N–H and O–H groups in total. The highest BCUT2D eigenvalue weighted by molar-refractivity contribution is 7.99. The van der Waals surface area contributed by atoms with Crippen molar-refractivity contribution in [2.75, 3.05) is 18.2 Å². The Balaban J connectivity index is 1.62. The number of amides is 1. The molecule has 3 aromatic rings. The van der Waals surface area contributed by atoms with E-state index in [1.807, 2.05) is 34.9 Å². The van der Waals surface area contributed by atoms with Crippen molar-refractivity contribution in [2.24, 2.45) is 0 Å². The third-order valence-corrected chi connectivity index (χ3v) is 4.56. The Bertz CT molecular complexity index is 870. The topological polar surface area (TPSA) is 69.0 Å². The summed E-state index contributed by atoms with van der Waals surface area (Å²) in [7, 11) is 1.54. The fraction of sp³-hybridized carbons (Fsp3) is 0.118. The van der Waals surface area contributed by atoms with E-state index in [2.05, 4.69) is 15.5 Å². The highest BCUT2D eigenvalue weighted by Crippen LogP contribution is 2.27. The van der Waals surface area contributed by atoms with Crippen LogP contribution >= 0.6 is 23.4 Å². The molecule has 0 saturated heterocycles. The molecule has 6 nitrogen and oxygen atoms in total. The molecule has 0 aliphatic heterocycles. The first-order valence-corrected chi connectivity index (χ1v) is 8.75. The molecule has 25 heavy (non-hydrogen) atoms. The van der Waals surface area contributed by atoms with Crippen molar-refractivity contribution in [3.63, 3.8) is 0 Å². The average molecular weight is 375 g/mol. The lowest BCUT2D eigenvalue weighted by Gasteiger charge is -2.08. The first kappa shape index (κ1) is 17.3. The van der Waals surface area contributed by atoms with Gasteiger partial charge in [-0.2, -0.15) is 0 Å². The predicted molar refractivity (Wildman–Crippen MR) is 98.7 cm³/mol. The lowest BCUT2D eigenvalue weighted by atomic mass is 10.3. The number of para-hydroxylation sites is 1. The maximum atomic E-state index is 12.2. The number of rotatable bonds is 6. The number of ether oxygens (including phenoxy) is 1. The van der Waals surface area contributed by atoms with Crippen molar-refractivity contribution in [2.45, 2.75) is 5.16 Å². The van der Waals surface area contributed by atoms with Gasteiger partial charge in [-0.05, 0) is 30.3 Å². The third-order valence-electron chi connectivity index (χ3n) is 3.32. The summed E-state index contributed by atoms with van der Waals surface area (Å²) in [6.45, 7) is 0. The van der Waals surface area contributed by atoms with Gasteiger partial charge < -0.3 is 10.1 Å². The molecule has 2 aromatic carbocycles. The summed E-state index contributed by atoms with van der Waals surface area (Å²) in [4.78, 5) is 12.2. The van der Waals surface area contributed by atoms with E-state index in [4.69, 9.17) is 16.3 Å². The molecule has 0 atom stereocenters. The van der Waals surface area contributed by atoms with Crippen molar-refractivity contribution in [3.8, 4) is 11.4 Å². The zero-order chi connectivity index (χ0) is 17.6. The average Bonchev–Trinajstić information content (AvgIpc) is 3.09. The van der Waals surface area contributed by atoms with Crippen LogP contribution in [0.4, 0.5) is 5.69 Å². The molecule has 1 amide bonds. The third kappa shape index (κ3) is 4.32. The van der Waals surface area contributed by atoms with Crippen molar-refractivity contribution in [3.05, 3.63) is 59.9 Å². The lowest BCUT2D eigenvalue weighted by Crippen LogP contribution is -2.14. The fourth-order valence-electron chi connectivity index (χ4n) is 2.16. The summed E-state index contributed by atoms with van der Waals surface area (Å²) >= 11 is 7.36. The molecule has 0 radical (unpaired) electrons. The van der Waals surface area contributed by atoms with E-state index in [1.54, 1.807) is 31.6 Å². The molecule has 0 unspecified atom stereocenters. The number of anilines is 1. The standard InChI is InChI=1S/C17H15ClN4O2S/c1-24-15-8-7-12(9-14(15)18)20-16(23)10-25-17-21-19-11-22(17)13-5-3-2-4-6-13/h2-9,11H,10H2,1H3,(H,20,23). The van der Waals surface area contributed by atoms with Gasteiger partial charge in [-0.3, -0.25) is 9.36 Å². The minimum absolute atomic E-state index is 0.158. The molecule has 3 rings (SSSR count). The molecule has 1 heterocycles. The number of benzene rings is 2. The van der Waals surface area contributed by atoms with Crippen LogP contribution in [-0.4, -0.2) is 33.5 Å². The molecule has 0 spiro atoms. The van der Waals surface area contributed by atoms with Crippen LogP contribution in [0, 0.1) is 0 Å². The number of carbonyl (C=O) groups is 1. The number of halogens is 1. The van der Waals surface area contributed by atoms with E-state index in [-0.39, 0.29) is 11.7 Å². The number of carbonyl (C=O) groups excluding carboxylic acids is 1. The van der Waals surface area contributed by atoms with Gasteiger partial charge in [-0.25, -0.2) is 0 Å². The summed E-state index contributed by atoms with van der Waals surface area (Å²) in [5, 5.41) is 11.9. The van der Waals surface area contributed by atoms with Crippen LogP contribution in [-0.2, 0) is 4.79 Å². The zero-order valence-electron chi connectivity index (χ0n) is 13.3. The second-order valence-electron chi connectivity index (χ2n) is 5.01. The Labute approximate surface area is 154 Å². The van der Waals surface area contributed by atoms with Crippen molar-refractivity contribution < 1.29 is 9.53 Å². The summed E-state index contributed by atoms with van der Waals surface area (Å²) in [5.41, 5.74) is 1.55. The molecular weight excluding hydrogens is 360 g/mol. The van der Waals surface area contributed by atoms with Gasteiger partial charge in [0.15, 0.2) is 5.16 Å². The van der Waals surface area contributed by atoms with E-state index in [9.17, 15) is 4.79 Å². The molecule has 0 bridgehead atoms. The van der Waals surface area contributed by atoms with Crippen LogP contribution in [0.15, 0.2) is 60.0 Å². The quantitative estimate of drug-likeness (QED) is 0.667. The van der Waals surface area contributed by atoms with Gasteiger partial charge in [-0.1, -0.05) is 41.6 Å². The van der Waals surface area contributed by atoms with E-state index < -0.39 is 0 Å². The van der Waals surface area contributed by atoms with Crippen LogP contribution in [0.2, 0.25) is 5.02 Å². The second-order valence-corrected chi connectivity index (χ2v) is 6.35. The number of thioether (sulfide) groups is 1. The normalized spacial score (nSPS) is 10.5. The Morgan fingerprint density at radius 2 is 2.08 bits per heavy atom. The molecule has 128 valence electrons. The van der Waals surface area contributed by atoms with E-state index in [0.29, 0.717) is 21.6 Å². The molecule has 0 aliphatic carbocycles. The smallest absolute Gasteiger partial charge is 0.234 e. The van der Waals surface area contributed by atoms with Crippen LogP contribution in [0.25, 0.3) is 5.69 Å². The summed E-state index contributed by atoms with van der Waals surface area (Å²) in [6.07, 6.45) is 1.62. The Hall–Kier alpha value is -2.51. The first-order valence-electron chi connectivity index (χ1n) is 7.39. The summed E-state index contributed by atoms with van der Waals surface area (Å²) < 4.78 is 6.93. The van der Waals surface area contributed by atoms with Gasteiger partial charge in [0.05, 0.1) is 17.9 Å². The first-order chi connectivity index (χ1) is 12.2. The molecule has 0 saturated carbocycles. The molecule has 0 aliphatic rings. The number of hydrogen-bond donors (Lipinski definition) is 1. The van der Waals surface area contributed by atoms with E-state index in [1.165, 1.54) is 11.8 Å². The van der Waals surface area contributed by atoms with Crippen molar-refractivity contribution >= 4 is 35.0 Å². The fourth-order valence-corrected chi connectivity index (χ4v) is 3.15. The van der Waals surface area contributed by atoms with Gasteiger partial charge in [0, 0.05) is 11.4 Å². The van der Waals surface area contributed by atoms with Gasteiger partial charge in [0.25, 0.3) is 0 Å². The Morgan fingerprint density at radius 1 is 1.28 bits per heavy atom. The van der Waals surface area contributed by atoms with Crippen LogP contribution in [0.5, 0.6) is 5.75 Å². The SMILES string of the molecule is COc1ccc(NC(=O)CSc2nncn2-c2ccccc2)cc1Cl. The number of nitrogens with zero attached hydrogens (tertiary/aromatic N) is 3. The maximum Gasteiger partial charge on any atom is 0.234 e. The highest BCUT2D eigenvalue weighted by Gasteiger charge is 2.11. The monoisotopic (exact) mass is 374 g/mol. The predicted octanol–water partition coefficient (Wildman–Crippen LogP) is 3.66. The van der Waals surface area contributed by atoms with Crippen LogP contribution < -0.4 is 10.1 Å². The number of aromatic nitrogens is 3. The van der Waals surface area contributed by atoms with Gasteiger partial charge in [0.1, 0.15) is 12.1 Å². The molecule has 0 fully saturated rings. The van der Waals surface area contributed by atoms with Crippen molar-refractivity contribution in [1.29, 1.82) is 0 Å². The lowest BCUT2D eigenvalue weighted by molar-refractivity contribution is -0.113. The van der Waals surface area contributed by atoms with Crippen LogP contribution in [0.1, 0.15) is 0 Å². The summed E-state index contributed by atoms with van der Waals surface area (Å²) in [5.74, 6) is 0.605. The summed E-state index contributed by atoms with van der Waals surface area (Å²) in [6, 6.07) is 14.8. The largest absolute Gasteiger partial charge is 0.495 e. The highest BCUT2D eigenvalue weighted by atomic mass is 35.5. The minimum atomic E-state index is -0.158. The minimum Gasteiger partial charge on any atom is -0.495 e. The number of nitrogens with one attached hydrogen (secondary N) is 1. The second kappa shape index (κ2) is 8.04. The van der Waals surface area contributed by atoms with E-state index in [0.717, 1.165) is 5.69 Å². The molecule has 1 aromatic heterocycles. The van der Waals surface area contributed by atoms with E-state index >= 15 is 0 Å². The Kier molecular flexibility index (Phi) is 5.57. The van der Waals surface area contributed by atoms with Crippen LogP contribution in [0.3, 0.4) is 0 Å². The molecular formula is C17H15ClN4O2S. The Morgan fingerprint density at radius 3 is 2.80 bits per heavy atom. The maximum absolute atomic E-state index is 12.2. The molecule has 8 heteroatoms. The van der Waals surface area contributed by atoms with Gasteiger partial charge in [0.2, 0.25) is 5.91 Å². The van der Waals surface area contributed by atoms with Crippen molar-refractivity contribution in [1.82, 2.24) is 14.8 Å². The van der Waals surface area contributed by atoms with Gasteiger partial charge in [-0.15, -0.1) is 10.2 Å².